The molecule has 0 saturated heterocycles. The first-order chi connectivity index (χ1) is 12.6. The Morgan fingerprint density at radius 1 is 0.885 bits per heavy atom. The van der Waals surface area contributed by atoms with Crippen LogP contribution in [0, 0.1) is 0 Å². The molecule has 0 amide bonds. The first kappa shape index (κ1) is 17.6. The van der Waals surface area contributed by atoms with Gasteiger partial charge in [0.15, 0.2) is 0 Å². The fourth-order valence-electron chi connectivity index (χ4n) is 2.70. The Bertz CT molecular complexity index is 828. The number of carboxylic acids is 1. The van der Waals surface area contributed by atoms with Crippen LogP contribution >= 0.6 is 0 Å². The normalized spacial score (nSPS) is 10.8. The number of carbonyl (C=O) groups is 1. The molecule has 0 radical (unpaired) electrons. The Kier molecular flexibility index (Phi) is 5.56. The quantitative estimate of drug-likeness (QED) is 0.682. The minimum absolute atomic E-state index is 0.0713. The van der Waals surface area contributed by atoms with Crippen molar-refractivity contribution in [2.24, 2.45) is 0 Å². The highest BCUT2D eigenvalue weighted by Gasteiger charge is 2.14. The first-order valence-corrected chi connectivity index (χ1v) is 8.19. The summed E-state index contributed by atoms with van der Waals surface area (Å²) in [6, 6.07) is 15.7. The molecule has 2 heterocycles. The van der Waals surface area contributed by atoms with Crippen LogP contribution in [-0.2, 0) is 19.6 Å². The topological polar surface area (TPSA) is 86.5 Å². The number of pyridine rings is 2. The summed E-state index contributed by atoms with van der Waals surface area (Å²) in [7, 11) is 0. The fraction of sp³-hybridized carbons (Fsp3) is 0.150. The van der Waals surface area contributed by atoms with Gasteiger partial charge >= 0.3 is 5.97 Å². The molecule has 0 fully saturated rings. The van der Waals surface area contributed by atoms with Gasteiger partial charge in [0.2, 0.25) is 0 Å². The Hall–Kier alpha value is -3.25. The van der Waals surface area contributed by atoms with Crippen LogP contribution < -0.4 is 0 Å². The van der Waals surface area contributed by atoms with Crippen molar-refractivity contribution in [2.75, 3.05) is 0 Å². The Morgan fingerprint density at radius 2 is 1.50 bits per heavy atom. The predicted octanol–water partition coefficient (Wildman–Crippen LogP) is 3.08. The highest BCUT2D eigenvalue weighted by atomic mass is 16.4. The van der Waals surface area contributed by atoms with Crippen LogP contribution in [0.25, 0.3) is 0 Å². The number of rotatable bonds is 7. The van der Waals surface area contributed by atoms with Crippen molar-refractivity contribution < 1.29 is 15.0 Å². The molecule has 0 unspecified atom stereocenters. The van der Waals surface area contributed by atoms with E-state index in [0.29, 0.717) is 25.2 Å². The van der Waals surface area contributed by atoms with Gasteiger partial charge in [0.05, 0.1) is 17.0 Å². The largest absolute Gasteiger partial charge is 0.508 e. The molecule has 26 heavy (non-hydrogen) atoms. The number of phenols is 1. The minimum atomic E-state index is -1.02. The highest BCUT2D eigenvalue weighted by Crippen LogP contribution is 2.22. The van der Waals surface area contributed by atoms with Crippen LogP contribution in [0.4, 0.5) is 0 Å². The molecule has 0 aliphatic heterocycles. The van der Waals surface area contributed by atoms with E-state index < -0.39 is 5.97 Å². The lowest BCUT2D eigenvalue weighted by Gasteiger charge is -2.22. The zero-order valence-corrected chi connectivity index (χ0v) is 14.1. The smallest absolute Gasteiger partial charge is 0.335 e. The molecule has 3 rings (SSSR count). The molecule has 6 nitrogen and oxygen atoms in total. The van der Waals surface area contributed by atoms with Gasteiger partial charge in [0.1, 0.15) is 5.75 Å². The molecule has 3 aromatic rings. The van der Waals surface area contributed by atoms with Crippen LogP contribution in [0.3, 0.4) is 0 Å². The van der Waals surface area contributed by atoms with E-state index in [1.165, 1.54) is 18.2 Å². The SMILES string of the molecule is O=C(O)c1ccc(O)c(CN(Cc2ccccn2)Cc2ccccn2)c1. The molecule has 1 aromatic carbocycles. The van der Waals surface area contributed by atoms with Gasteiger partial charge in [0.25, 0.3) is 0 Å². The zero-order chi connectivity index (χ0) is 18.4. The Labute approximate surface area is 151 Å². The summed E-state index contributed by atoms with van der Waals surface area (Å²) in [5, 5.41) is 19.3. The second-order valence-corrected chi connectivity index (χ2v) is 5.94. The minimum Gasteiger partial charge on any atom is -0.508 e. The van der Waals surface area contributed by atoms with Crippen molar-refractivity contribution in [3.63, 3.8) is 0 Å². The van der Waals surface area contributed by atoms with Crippen LogP contribution in [-0.4, -0.2) is 31.1 Å². The van der Waals surface area contributed by atoms with Crippen LogP contribution in [0.1, 0.15) is 27.3 Å². The van der Waals surface area contributed by atoms with Gasteiger partial charge in [-0.3, -0.25) is 14.9 Å². The summed E-state index contributed by atoms with van der Waals surface area (Å²) in [6.07, 6.45) is 3.47. The molecule has 2 N–H and O–H groups in total. The van der Waals surface area contributed by atoms with Crippen molar-refractivity contribution in [3.8, 4) is 5.75 Å². The highest BCUT2D eigenvalue weighted by molar-refractivity contribution is 5.88. The molecular formula is C20H19N3O3. The Morgan fingerprint density at radius 3 is 2.00 bits per heavy atom. The third-order valence-electron chi connectivity index (χ3n) is 3.94. The van der Waals surface area contributed by atoms with Crippen molar-refractivity contribution in [1.82, 2.24) is 14.9 Å². The van der Waals surface area contributed by atoms with E-state index >= 15 is 0 Å². The van der Waals surface area contributed by atoms with Crippen molar-refractivity contribution in [2.45, 2.75) is 19.6 Å². The molecule has 0 atom stereocenters. The lowest BCUT2D eigenvalue weighted by Crippen LogP contribution is -2.23. The summed E-state index contributed by atoms with van der Waals surface area (Å²) in [5.41, 5.74) is 2.47. The van der Waals surface area contributed by atoms with E-state index in [0.717, 1.165) is 11.4 Å². The van der Waals surface area contributed by atoms with Gasteiger partial charge in [-0.1, -0.05) is 12.1 Å². The lowest BCUT2D eigenvalue weighted by molar-refractivity contribution is 0.0696. The number of aromatic nitrogens is 2. The van der Waals surface area contributed by atoms with Crippen LogP contribution in [0.5, 0.6) is 5.75 Å². The third kappa shape index (κ3) is 4.64. The standard InChI is InChI=1S/C20H19N3O3/c24-19-8-7-15(20(25)26)11-16(19)12-23(13-17-5-1-3-9-21-17)14-18-6-2-4-10-22-18/h1-11,24H,12-14H2,(H,25,26). The van der Waals surface area contributed by atoms with Crippen molar-refractivity contribution in [3.05, 3.63) is 89.5 Å². The number of hydrogen-bond acceptors (Lipinski definition) is 5. The number of hydrogen-bond donors (Lipinski definition) is 2. The number of aromatic carboxylic acids is 1. The Balaban J connectivity index is 1.85. The molecule has 0 spiro atoms. The van der Waals surface area contributed by atoms with Gasteiger partial charge in [-0.15, -0.1) is 0 Å². The molecule has 0 saturated carbocycles. The first-order valence-electron chi connectivity index (χ1n) is 8.19. The van der Waals surface area contributed by atoms with E-state index in [1.54, 1.807) is 12.4 Å². The van der Waals surface area contributed by atoms with Gasteiger partial charge < -0.3 is 10.2 Å². The van der Waals surface area contributed by atoms with E-state index in [4.69, 9.17) is 0 Å². The molecule has 6 heteroatoms. The van der Waals surface area contributed by atoms with E-state index in [9.17, 15) is 15.0 Å². The summed E-state index contributed by atoms with van der Waals surface area (Å²) < 4.78 is 0. The monoisotopic (exact) mass is 349 g/mol. The van der Waals surface area contributed by atoms with Crippen molar-refractivity contribution >= 4 is 5.97 Å². The average Bonchev–Trinajstić information content (AvgIpc) is 2.65. The number of aromatic hydroxyl groups is 1. The lowest BCUT2D eigenvalue weighted by atomic mass is 10.1. The average molecular weight is 349 g/mol. The number of nitrogens with zero attached hydrogens (tertiary/aromatic N) is 3. The van der Waals surface area contributed by atoms with Gasteiger partial charge in [-0.05, 0) is 42.5 Å². The second kappa shape index (κ2) is 8.22. The van der Waals surface area contributed by atoms with Gasteiger partial charge in [0, 0.05) is 37.6 Å². The number of carboxylic acid groups (broad SMARTS) is 1. The zero-order valence-electron chi connectivity index (χ0n) is 14.1. The predicted molar refractivity (Wildman–Crippen MR) is 96.5 cm³/mol. The summed E-state index contributed by atoms with van der Waals surface area (Å²) >= 11 is 0. The second-order valence-electron chi connectivity index (χ2n) is 5.94. The van der Waals surface area contributed by atoms with E-state index in [1.807, 2.05) is 36.4 Å². The molecule has 0 aliphatic rings. The molecular weight excluding hydrogens is 330 g/mol. The maximum Gasteiger partial charge on any atom is 0.335 e. The molecule has 132 valence electrons. The third-order valence-corrected chi connectivity index (χ3v) is 3.94. The summed E-state index contributed by atoms with van der Waals surface area (Å²) in [5.74, 6) is -0.950. The summed E-state index contributed by atoms with van der Waals surface area (Å²) in [4.78, 5) is 22.0. The fourth-order valence-corrected chi connectivity index (χ4v) is 2.70. The maximum atomic E-state index is 11.2. The van der Waals surface area contributed by atoms with Crippen LogP contribution in [0.2, 0.25) is 0 Å². The maximum absolute atomic E-state index is 11.2. The van der Waals surface area contributed by atoms with Crippen molar-refractivity contribution in [1.29, 1.82) is 0 Å². The molecule has 0 bridgehead atoms. The van der Waals surface area contributed by atoms with E-state index in [2.05, 4.69) is 14.9 Å². The van der Waals surface area contributed by atoms with Crippen LogP contribution in [0.15, 0.2) is 67.0 Å². The number of benzene rings is 1. The van der Waals surface area contributed by atoms with Gasteiger partial charge in [-0.25, -0.2) is 4.79 Å². The molecule has 2 aromatic heterocycles. The number of phenolic OH excluding ortho intramolecular Hbond substituents is 1. The van der Waals surface area contributed by atoms with E-state index in [-0.39, 0.29) is 11.3 Å². The summed E-state index contributed by atoms with van der Waals surface area (Å²) in [6.45, 7) is 1.47. The molecule has 0 aliphatic carbocycles. The van der Waals surface area contributed by atoms with Gasteiger partial charge in [-0.2, -0.15) is 0 Å².